The molecule has 1 amide bonds. The van der Waals surface area contributed by atoms with Gasteiger partial charge in [-0.05, 0) is 36.6 Å². The number of amides is 1. The molecule has 31 heavy (non-hydrogen) atoms. The highest BCUT2D eigenvalue weighted by molar-refractivity contribution is 7.89. The van der Waals surface area contributed by atoms with Gasteiger partial charge in [0.2, 0.25) is 10.0 Å². The quantitative estimate of drug-likeness (QED) is 0.672. The molecule has 1 aromatic heterocycles. The third-order valence-electron chi connectivity index (χ3n) is 5.02. The number of rotatable bonds is 6. The van der Waals surface area contributed by atoms with Crippen molar-refractivity contribution in [1.29, 1.82) is 5.26 Å². The summed E-state index contributed by atoms with van der Waals surface area (Å²) in [5.74, 6) is -0.938. The normalized spacial score (nSPS) is 15.1. The molecule has 2 aromatic rings. The van der Waals surface area contributed by atoms with Crippen molar-refractivity contribution in [3.63, 3.8) is 0 Å². The molecule has 11 heteroatoms. The van der Waals surface area contributed by atoms with Gasteiger partial charge < -0.3 is 9.47 Å². The second-order valence-corrected chi connectivity index (χ2v) is 9.31. The van der Waals surface area contributed by atoms with Crippen LogP contribution in [0.5, 0.6) is 0 Å². The number of carbonyl (C=O) groups is 1. The molecule has 7 nitrogen and oxygen atoms in total. The number of benzene rings is 1. The van der Waals surface area contributed by atoms with Crippen LogP contribution in [0.2, 0.25) is 0 Å². The van der Waals surface area contributed by atoms with E-state index in [0.29, 0.717) is 29.1 Å². The summed E-state index contributed by atoms with van der Waals surface area (Å²) in [7, 11) is -2.39. The molecule has 0 atom stereocenters. The zero-order chi connectivity index (χ0) is 22.8. The predicted octanol–water partition coefficient (Wildman–Crippen LogP) is 2.89. The van der Waals surface area contributed by atoms with Crippen LogP contribution in [0.4, 0.5) is 13.2 Å². The van der Waals surface area contributed by atoms with Crippen LogP contribution in [0.15, 0.2) is 41.4 Å². The maximum absolute atomic E-state index is 13.2. The van der Waals surface area contributed by atoms with Crippen LogP contribution in [0.3, 0.4) is 0 Å². The van der Waals surface area contributed by atoms with Gasteiger partial charge in [-0.25, -0.2) is 8.42 Å². The first-order chi connectivity index (χ1) is 14.5. The highest BCUT2D eigenvalue weighted by Crippen LogP contribution is 2.25. The first-order valence-electron chi connectivity index (χ1n) is 9.53. The molecule has 0 N–H and O–H groups in total. The third-order valence-corrected chi connectivity index (χ3v) is 6.88. The van der Waals surface area contributed by atoms with Gasteiger partial charge in [0.1, 0.15) is 17.1 Å². The molecule has 3 rings (SSSR count). The number of carbonyl (C=O) groups excluding carboxylic acids is 1. The van der Waals surface area contributed by atoms with Crippen LogP contribution in [-0.4, -0.2) is 53.9 Å². The first-order valence-corrected chi connectivity index (χ1v) is 11.0. The standard InChI is InChI=1S/C20H21F3N4O3S/c1-25-13-17(31(29,30)27-8-2-3-9-27)10-18(25)19(28)26(14-20(21,22)23)12-16-6-4-15(11-24)5-7-16/h4-7,10,13H,2-3,8-9,12,14H2,1H3. The van der Waals surface area contributed by atoms with Gasteiger partial charge in [-0.1, -0.05) is 12.1 Å². The Bertz CT molecular complexity index is 1100. The summed E-state index contributed by atoms with van der Waals surface area (Å²) >= 11 is 0. The van der Waals surface area contributed by atoms with E-state index in [9.17, 15) is 26.4 Å². The van der Waals surface area contributed by atoms with Gasteiger partial charge in [-0.2, -0.15) is 22.7 Å². The van der Waals surface area contributed by atoms with Crippen molar-refractivity contribution in [2.24, 2.45) is 7.05 Å². The second-order valence-electron chi connectivity index (χ2n) is 7.37. The van der Waals surface area contributed by atoms with Crippen molar-refractivity contribution in [3.8, 4) is 6.07 Å². The lowest BCUT2D eigenvalue weighted by atomic mass is 10.1. The van der Waals surface area contributed by atoms with Crippen LogP contribution in [0, 0.1) is 11.3 Å². The molecule has 1 saturated heterocycles. The van der Waals surface area contributed by atoms with E-state index >= 15 is 0 Å². The summed E-state index contributed by atoms with van der Waals surface area (Å²) in [6.45, 7) is -1.09. The number of hydrogen-bond acceptors (Lipinski definition) is 4. The number of nitriles is 1. The number of halogens is 3. The predicted molar refractivity (Wildman–Crippen MR) is 105 cm³/mol. The fourth-order valence-corrected chi connectivity index (χ4v) is 5.04. The lowest BCUT2D eigenvalue weighted by Crippen LogP contribution is -2.39. The van der Waals surface area contributed by atoms with Gasteiger partial charge in [0.05, 0.1) is 11.6 Å². The Labute approximate surface area is 178 Å². The van der Waals surface area contributed by atoms with Crippen molar-refractivity contribution < 1.29 is 26.4 Å². The van der Waals surface area contributed by atoms with Gasteiger partial charge in [0.15, 0.2) is 0 Å². The molecule has 2 heterocycles. The van der Waals surface area contributed by atoms with E-state index in [4.69, 9.17) is 5.26 Å². The summed E-state index contributed by atoms with van der Waals surface area (Å²) in [6.07, 6.45) is -1.92. The molecule has 0 radical (unpaired) electrons. The fraction of sp³-hybridized carbons (Fsp3) is 0.400. The summed E-state index contributed by atoms with van der Waals surface area (Å²) in [6, 6.07) is 8.90. The van der Waals surface area contributed by atoms with E-state index in [1.807, 2.05) is 6.07 Å². The Morgan fingerprint density at radius 2 is 1.81 bits per heavy atom. The van der Waals surface area contributed by atoms with Crippen molar-refractivity contribution in [1.82, 2.24) is 13.8 Å². The smallest absolute Gasteiger partial charge is 0.345 e. The largest absolute Gasteiger partial charge is 0.406 e. The van der Waals surface area contributed by atoms with Gasteiger partial charge in [0, 0.05) is 32.9 Å². The molecule has 166 valence electrons. The maximum atomic E-state index is 13.2. The highest BCUT2D eigenvalue weighted by atomic mass is 32.2. The molecule has 1 aliphatic heterocycles. The summed E-state index contributed by atoms with van der Waals surface area (Å²) in [4.78, 5) is 13.5. The first kappa shape index (κ1) is 22.8. The lowest BCUT2D eigenvalue weighted by molar-refractivity contribution is -0.141. The van der Waals surface area contributed by atoms with Crippen LogP contribution in [0.25, 0.3) is 0 Å². The molecule has 1 aromatic carbocycles. The Morgan fingerprint density at radius 1 is 1.19 bits per heavy atom. The van der Waals surface area contributed by atoms with E-state index in [-0.39, 0.29) is 17.1 Å². The van der Waals surface area contributed by atoms with Gasteiger partial charge in [-0.15, -0.1) is 0 Å². The van der Waals surface area contributed by atoms with Gasteiger partial charge in [0.25, 0.3) is 5.91 Å². The van der Waals surface area contributed by atoms with Crippen LogP contribution in [0.1, 0.15) is 34.5 Å². The number of alkyl halides is 3. The Balaban J connectivity index is 1.90. The minimum atomic E-state index is -4.64. The lowest BCUT2D eigenvalue weighted by Gasteiger charge is -2.24. The Hall–Kier alpha value is -2.84. The Morgan fingerprint density at radius 3 is 2.35 bits per heavy atom. The van der Waals surface area contributed by atoms with Crippen LogP contribution < -0.4 is 0 Å². The Kier molecular flexibility index (Phi) is 6.43. The van der Waals surface area contributed by atoms with Crippen molar-refractivity contribution in [2.75, 3.05) is 19.6 Å². The topological polar surface area (TPSA) is 86.4 Å². The van der Waals surface area contributed by atoms with E-state index in [0.717, 1.165) is 18.9 Å². The maximum Gasteiger partial charge on any atom is 0.406 e. The van der Waals surface area contributed by atoms with E-state index < -0.39 is 28.7 Å². The number of hydrogen-bond donors (Lipinski definition) is 0. The molecule has 0 unspecified atom stereocenters. The van der Waals surface area contributed by atoms with Gasteiger partial charge in [-0.3, -0.25) is 4.79 Å². The van der Waals surface area contributed by atoms with Crippen molar-refractivity contribution in [3.05, 3.63) is 53.3 Å². The summed E-state index contributed by atoms with van der Waals surface area (Å²) in [5, 5.41) is 8.86. The highest BCUT2D eigenvalue weighted by Gasteiger charge is 2.35. The number of nitrogens with zero attached hydrogens (tertiary/aromatic N) is 4. The van der Waals surface area contributed by atoms with E-state index in [1.165, 1.54) is 46.4 Å². The molecular formula is C20H21F3N4O3S. The molecule has 1 fully saturated rings. The van der Waals surface area contributed by atoms with Crippen molar-refractivity contribution >= 4 is 15.9 Å². The van der Waals surface area contributed by atoms with E-state index in [1.54, 1.807) is 0 Å². The summed E-state index contributed by atoms with van der Waals surface area (Å²) in [5.41, 5.74) is 0.600. The average Bonchev–Trinajstić information content (AvgIpc) is 3.37. The molecule has 0 spiro atoms. The number of sulfonamides is 1. The average molecular weight is 454 g/mol. The SMILES string of the molecule is Cn1cc(S(=O)(=O)N2CCCC2)cc1C(=O)N(Cc1ccc(C#N)cc1)CC(F)(F)F. The summed E-state index contributed by atoms with van der Waals surface area (Å²) < 4.78 is 67.5. The molecule has 0 aliphatic carbocycles. The van der Waals surface area contributed by atoms with Crippen molar-refractivity contribution in [2.45, 2.75) is 30.5 Å². The third kappa shape index (κ3) is 5.26. The molecule has 1 aliphatic rings. The second kappa shape index (κ2) is 8.72. The number of aryl methyl sites for hydroxylation is 1. The van der Waals surface area contributed by atoms with Crippen LogP contribution in [-0.2, 0) is 23.6 Å². The fourth-order valence-electron chi connectivity index (χ4n) is 3.45. The van der Waals surface area contributed by atoms with Gasteiger partial charge >= 0.3 is 6.18 Å². The molecule has 0 bridgehead atoms. The molecule has 0 saturated carbocycles. The zero-order valence-corrected chi connectivity index (χ0v) is 17.6. The zero-order valence-electron chi connectivity index (χ0n) is 16.8. The minimum absolute atomic E-state index is 0.120. The van der Waals surface area contributed by atoms with E-state index in [2.05, 4.69) is 0 Å². The number of aromatic nitrogens is 1. The monoisotopic (exact) mass is 454 g/mol. The minimum Gasteiger partial charge on any atom is -0.345 e. The molecular weight excluding hydrogens is 433 g/mol. The van der Waals surface area contributed by atoms with Crippen LogP contribution >= 0.6 is 0 Å².